The van der Waals surface area contributed by atoms with E-state index >= 15 is 0 Å². The molecule has 0 aliphatic carbocycles. The van der Waals surface area contributed by atoms with Gasteiger partial charge in [-0.1, -0.05) is 42.1 Å². The first kappa shape index (κ1) is 11.5. The fourth-order valence-electron chi connectivity index (χ4n) is 1.66. The second-order valence-corrected chi connectivity index (χ2v) is 5.78. The van der Waals surface area contributed by atoms with Gasteiger partial charge in [-0.3, -0.25) is 4.99 Å². The highest BCUT2D eigenvalue weighted by Crippen LogP contribution is 2.25. The van der Waals surface area contributed by atoms with E-state index in [1.54, 1.807) is 0 Å². The predicted molar refractivity (Wildman–Crippen MR) is 72.0 cm³/mol. The van der Waals surface area contributed by atoms with Gasteiger partial charge in [0.2, 0.25) is 0 Å². The van der Waals surface area contributed by atoms with E-state index in [0.717, 1.165) is 10.9 Å². The minimum Gasteiger partial charge on any atom is -0.359 e. The fraction of sp³-hybridized carbons (Fsp3) is 0.462. The van der Waals surface area contributed by atoms with Crippen LogP contribution in [0.4, 0.5) is 0 Å². The lowest BCUT2D eigenvalue weighted by Crippen LogP contribution is -2.37. The summed E-state index contributed by atoms with van der Waals surface area (Å²) < 4.78 is 0. The first-order chi connectivity index (χ1) is 7.57. The summed E-state index contributed by atoms with van der Waals surface area (Å²) in [6.07, 6.45) is 0. The van der Waals surface area contributed by atoms with Gasteiger partial charge in [0, 0.05) is 11.3 Å². The van der Waals surface area contributed by atoms with E-state index < -0.39 is 0 Å². The van der Waals surface area contributed by atoms with Crippen LogP contribution in [0.15, 0.2) is 35.3 Å². The average molecular weight is 234 g/mol. The van der Waals surface area contributed by atoms with Crippen molar-refractivity contribution >= 4 is 16.9 Å². The van der Waals surface area contributed by atoms with Gasteiger partial charge in [-0.25, -0.2) is 0 Å². The van der Waals surface area contributed by atoms with Crippen molar-refractivity contribution in [3.05, 3.63) is 35.9 Å². The van der Waals surface area contributed by atoms with Crippen molar-refractivity contribution < 1.29 is 0 Å². The molecule has 0 radical (unpaired) electrons. The topological polar surface area (TPSA) is 24.4 Å². The number of hydrogen-bond acceptors (Lipinski definition) is 2. The average Bonchev–Trinajstić information content (AvgIpc) is 2.59. The zero-order chi connectivity index (χ0) is 11.6. The normalized spacial score (nSPS) is 23.1. The van der Waals surface area contributed by atoms with Gasteiger partial charge in [0.25, 0.3) is 0 Å². The molecule has 1 atom stereocenters. The molecule has 0 bridgehead atoms. The number of aliphatic imine (C=N–C) groups is 1. The Morgan fingerprint density at radius 2 is 2.00 bits per heavy atom. The largest absolute Gasteiger partial charge is 0.359 e. The van der Waals surface area contributed by atoms with Crippen molar-refractivity contribution in [2.24, 2.45) is 4.99 Å². The number of nitrogens with zero attached hydrogens (tertiary/aromatic N) is 1. The lowest BCUT2D eigenvalue weighted by molar-refractivity contribution is 0.535. The van der Waals surface area contributed by atoms with Crippen LogP contribution < -0.4 is 5.32 Å². The summed E-state index contributed by atoms with van der Waals surface area (Å²) in [6, 6.07) is 10.6. The molecule has 1 aromatic carbocycles. The van der Waals surface area contributed by atoms with E-state index in [-0.39, 0.29) is 11.6 Å². The van der Waals surface area contributed by atoms with Gasteiger partial charge >= 0.3 is 0 Å². The summed E-state index contributed by atoms with van der Waals surface area (Å²) in [4.78, 5) is 4.71. The van der Waals surface area contributed by atoms with Crippen LogP contribution in [0.2, 0.25) is 0 Å². The lowest BCUT2D eigenvalue weighted by Gasteiger charge is -2.16. The molecule has 1 aliphatic rings. The third kappa shape index (κ3) is 2.79. The molecule has 1 aliphatic heterocycles. The molecular formula is C13H18N2S. The molecule has 1 saturated heterocycles. The Bertz CT molecular complexity index is 384. The molecule has 1 aromatic rings. The van der Waals surface area contributed by atoms with Gasteiger partial charge in [0.05, 0.1) is 6.04 Å². The van der Waals surface area contributed by atoms with Crippen LogP contribution in [-0.4, -0.2) is 16.5 Å². The van der Waals surface area contributed by atoms with E-state index in [1.807, 2.05) is 17.8 Å². The van der Waals surface area contributed by atoms with E-state index in [1.165, 1.54) is 5.56 Å². The van der Waals surface area contributed by atoms with E-state index in [9.17, 15) is 0 Å². The maximum absolute atomic E-state index is 4.71. The zero-order valence-electron chi connectivity index (χ0n) is 10.0. The number of thioether (sulfide) groups is 1. The minimum absolute atomic E-state index is 0.180. The molecule has 0 aromatic heterocycles. The van der Waals surface area contributed by atoms with Crippen molar-refractivity contribution in [2.75, 3.05) is 5.75 Å². The number of hydrogen-bond donors (Lipinski definition) is 1. The molecule has 1 heterocycles. The van der Waals surface area contributed by atoms with E-state index in [4.69, 9.17) is 4.99 Å². The highest BCUT2D eigenvalue weighted by Gasteiger charge is 2.27. The number of amidine groups is 1. The van der Waals surface area contributed by atoms with Crippen molar-refractivity contribution in [1.82, 2.24) is 5.32 Å². The fourth-order valence-corrected chi connectivity index (χ4v) is 2.81. The molecule has 2 nitrogen and oxygen atoms in total. The number of nitrogens with one attached hydrogen (secondary N) is 1. The number of benzene rings is 1. The first-order valence-corrected chi connectivity index (χ1v) is 6.59. The SMILES string of the molecule is CC(N=C1NC(C)(C)CS1)c1ccccc1. The van der Waals surface area contributed by atoms with Gasteiger partial charge in [-0.2, -0.15) is 0 Å². The first-order valence-electron chi connectivity index (χ1n) is 5.60. The van der Waals surface area contributed by atoms with Gasteiger partial charge in [-0.15, -0.1) is 0 Å². The molecule has 3 heteroatoms. The minimum atomic E-state index is 0.180. The highest BCUT2D eigenvalue weighted by molar-refractivity contribution is 8.14. The Morgan fingerprint density at radius 3 is 2.56 bits per heavy atom. The molecule has 0 amide bonds. The molecule has 16 heavy (non-hydrogen) atoms. The van der Waals surface area contributed by atoms with Crippen LogP contribution >= 0.6 is 11.8 Å². The molecule has 0 spiro atoms. The Labute approximate surface area is 102 Å². The van der Waals surface area contributed by atoms with Crippen LogP contribution in [0.1, 0.15) is 32.4 Å². The van der Waals surface area contributed by atoms with Crippen molar-refractivity contribution in [3.8, 4) is 0 Å². The predicted octanol–water partition coefficient (Wildman–Crippen LogP) is 3.22. The quantitative estimate of drug-likeness (QED) is 0.849. The van der Waals surface area contributed by atoms with Gasteiger partial charge in [0.1, 0.15) is 0 Å². The lowest BCUT2D eigenvalue weighted by atomic mass is 10.1. The van der Waals surface area contributed by atoms with Gasteiger partial charge in [-0.05, 0) is 26.3 Å². The van der Waals surface area contributed by atoms with Crippen LogP contribution in [0.25, 0.3) is 0 Å². The van der Waals surface area contributed by atoms with Crippen molar-refractivity contribution in [1.29, 1.82) is 0 Å². The van der Waals surface area contributed by atoms with Crippen LogP contribution in [-0.2, 0) is 0 Å². The Morgan fingerprint density at radius 1 is 1.31 bits per heavy atom. The maximum Gasteiger partial charge on any atom is 0.157 e. The molecule has 1 fully saturated rings. The highest BCUT2D eigenvalue weighted by atomic mass is 32.2. The third-order valence-corrected chi connectivity index (χ3v) is 3.95. The second-order valence-electron chi connectivity index (χ2n) is 4.82. The van der Waals surface area contributed by atoms with Crippen LogP contribution in [0.5, 0.6) is 0 Å². The van der Waals surface area contributed by atoms with Crippen LogP contribution in [0.3, 0.4) is 0 Å². The van der Waals surface area contributed by atoms with Gasteiger partial charge in [0.15, 0.2) is 5.17 Å². The van der Waals surface area contributed by atoms with E-state index in [2.05, 4.69) is 50.4 Å². The van der Waals surface area contributed by atoms with Crippen molar-refractivity contribution in [3.63, 3.8) is 0 Å². The second kappa shape index (κ2) is 4.50. The summed E-state index contributed by atoms with van der Waals surface area (Å²) in [5.41, 5.74) is 1.45. The molecule has 86 valence electrons. The maximum atomic E-state index is 4.71. The third-order valence-electron chi connectivity index (χ3n) is 2.61. The smallest absolute Gasteiger partial charge is 0.157 e. The summed E-state index contributed by atoms with van der Waals surface area (Å²) in [5.74, 6) is 1.09. The van der Waals surface area contributed by atoms with E-state index in [0.29, 0.717) is 0 Å². The van der Waals surface area contributed by atoms with Crippen molar-refractivity contribution in [2.45, 2.75) is 32.4 Å². The molecular weight excluding hydrogens is 216 g/mol. The summed E-state index contributed by atoms with van der Waals surface area (Å²) >= 11 is 1.81. The monoisotopic (exact) mass is 234 g/mol. The molecule has 0 saturated carbocycles. The Hall–Kier alpha value is -0.960. The van der Waals surface area contributed by atoms with Crippen LogP contribution in [0, 0.1) is 0 Å². The summed E-state index contributed by atoms with van der Waals surface area (Å²) in [5, 5.41) is 4.51. The Balaban J connectivity index is 2.08. The standard InChI is InChI=1S/C13H18N2S/c1-10(11-7-5-4-6-8-11)14-12-15-13(2,3)9-16-12/h4-8,10H,9H2,1-3H3,(H,14,15). The number of rotatable bonds is 2. The molecule has 1 unspecified atom stereocenters. The summed E-state index contributed by atoms with van der Waals surface area (Å²) in [6.45, 7) is 6.54. The Kier molecular flexibility index (Phi) is 3.24. The zero-order valence-corrected chi connectivity index (χ0v) is 10.8. The summed E-state index contributed by atoms with van der Waals surface area (Å²) in [7, 11) is 0. The molecule has 2 rings (SSSR count). The van der Waals surface area contributed by atoms with Gasteiger partial charge < -0.3 is 5.32 Å². The molecule has 1 N–H and O–H groups in total.